The highest BCUT2D eigenvalue weighted by Gasteiger charge is 2.53. The predicted molar refractivity (Wildman–Crippen MR) is 177 cm³/mol. The normalized spacial score (nSPS) is 20.4. The average Bonchev–Trinajstić information content (AvgIpc) is 3.45. The third kappa shape index (κ3) is 7.18. The van der Waals surface area contributed by atoms with E-state index in [-0.39, 0.29) is 35.2 Å². The Morgan fingerprint density at radius 3 is 2.38 bits per heavy atom. The zero-order chi connectivity index (χ0) is 32.5. The summed E-state index contributed by atoms with van der Waals surface area (Å²) in [6.07, 6.45) is 6.16. The Morgan fingerprint density at radius 1 is 1.04 bits per heavy atom. The summed E-state index contributed by atoms with van der Waals surface area (Å²) in [7, 11) is -0.448. The Morgan fingerprint density at radius 2 is 1.76 bits per heavy atom. The van der Waals surface area contributed by atoms with Gasteiger partial charge in [-0.1, -0.05) is 29.8 Å². The molecule has 0 spiro atoms. The first-order valence-electron chi connectivity index (χ1n) is 15.5. The molecule has 45 heavy (non-hydrogen) atoms. The quantitative estimate of drug-likeness (QED) is 0.362. The van der Waals surface area contributed by atoms with Crippen LogP contribution in [0.5, 0.6) is 0 Å². The van der Waals surface area contributed by atoms with E-state index in [1.54, 1.807) is 42.4 Å². The highest BCUT2D eigenvalue weighted by Crippen LogP contribution is 2.39. The van der Waals surface area contributed by atoms with Crippen LogP contribution in [0.1, 0.15) is 77.2 Å². The van der Waals surface area contributed by atoms with Gasteiger partial charge < -0.3 is 23.9 Å². The molecule has 2 N–H and O–H groups in total. The molecule has 1 unspecified atom stereocenters. The van der Waals surface area contributed by atoms with Crippen molar-refractivity contribution in [3.63, 3.8) is 0 Å². The summed E-state index contributed by atoms with van der Waals surface area (Å²) in [4.78, 5) is 42.2. The summed E-state index contributed by atoms with van der Waals surface area (Å²) < 4.78 is 17.8. The first-order chi connectivity index (χ1) is 21.4. The van der Waals surface area contributed by atoms with Gasteiger partial charge in [-0.05, 0) is 71.2 Å². The van der Waals surface area contributed by atoms with Crippen molar-refractivity contribution in [2.24, 2.45) is 0 Å². The Kier molecular flexibility index (Phi) is 9.57. The van der Waals surface area contributed by atoms with E-state index in [1.165, 1.54) is 0 Å². The standard InChI is InChI=1S/C19H19BrN6O2.C10H16BNO3.C2H6/c20-11-5-7-21-16(9-11)24-19(28)26-13-6-8-25(10-13)15-4-3-14(23-17(15)26)18(27)22-12-1-2-12;1-7-12-6-8(13-7)11-14-9(2,3)10(4,5)15-11;1-2/h3-5,7,9,12-13H,1-2,6,8,10H2,(H,22,27)(H,21,24,28);6H,1-5H3;1-2H3. The maximum atomic E-state index is 13.1. The lowest BCUT2D eigenvalue weighted by molar-refractivity contribution is 0.00578. The number of pyridine rings is 2. The minimum absolute atomic E-state index is 0.0221. The minimum atomic E-state index is -0.448. The van der Waals surface area contributed by atoms with Crippen LogP contribution < -0.4 is 26.1 Å². The van der Waals surface area contributed by atoms with Crippen LogP contribution in [0.3, 0.4) is 0 Å². The van der Waals surface area contributed by atoms with Crippen LogP contribution in [0.4, 0.5) is 22.1 Å². The third-order valence-corrected chi connectivity index (χ3v) is 8.89. The summed E-state index contributed by atoms with van der Waals surface area (Å²) in [5.74, 6) is 1.43. The number of aromatic nitrogens is 3. The summed E-state index contributed by atoms with van der Waals surface area (Å²) in [6.45, 7) is 15.5. The lowest BCUT2D eigenvalue weighted by Crippen LogP contribution is -2.48. The second kappa shape index (κ2) is 13.1. The Balaban J connectivity index is 0.000000199. The third-order valence-electron chi connectivity index (χ3n) is 8.40. The van der Waals surface area contributed by atoms with Gasteiger partial charge in [-0.3, -0.25) is 15.0 Å². The maximum absolute atomic E-state index is 13.1. The first-order valence-corrected chi connectivity index (χ1v) is 16.3. The monoisotopic (exact) mass is 681 g/mol. The predicted octanol–water partition coefficient (Wildman–Crippen LogP) is 5.07. The second-order valence-electron chi connectivity index (χ2n) is 12.2. The molecule has 3 aromatic heterocycles. The second-order valence-corrected chi connectivity index (χ2v) is 13.1. The Labute approximate surface area is 272 Å². The molecule has 12 nitrogen and oxygen atoms in total. The van der Waals surface area contributed by atoms with Crippen molar-refractivity contribution < 1.29 is 23.3 Å². The number of anilines is 3. The van der Waals surface area contributed by atoms with Gasteiger partial charge in [-0.15, -0.1) is 0 Å². The number of nitrogens with one attached hydrogen (secondary N) is 2. The van der Waals surface area contributed by atoms with Gasteiger partial charge >= 0.3 is 13.1 Å². The first kappa shape index (κ1) is 32.9. The number of rotatable bonds is 4. The molecule has 6 heterocycles. The molecule has 2 bridgehead atoms. The molecule has 3 aromatic rings. The number of carbonyl (C=O) groups is 2. The van der Waals surface area contributed by atoms with E-state index in [0.29, 0.717) is 28.9 Å². The SMILES string of the molecule is CC.Cc1ncc(B2OC(C)(C)C(C)(C)O2)o1.O=C(NC1CC1)c1ccc2c(n1)N(C(=O)Nc1cc(Br)ccn1)C1CCN2C1. The number of urea groups is 1. The minimum Gasteiger partial charge on any atom is -0.450 e. The molecule has 7 rings (SSSR count). The van der Waals surface area contributed by atoms with Crippen LogP contribution in [0.25, 0.3) is 0 Å². The van der Waals surface area contributed by atoms with Crippen molar-refractivity contribution in [1.29, 1.82) is 0 Å². The number of carbonyl (C=O) groups excluding carboxylic acids is 2. The van der Waals surface area contributed by atoms with Gasteiger partial charge in [-0.2, -0.15) is 0 Å². The van der Waals surface area contributed by atoms with Crippen LogP contribution >= 0.6 is 15.9 Å². The molecule has 3 amide bonds. The lowest BCUT2D eigenvalue weighted by atomic mass is 9.87. The van der Waals surface area contributed by atoms with Crippen LogP contribution in [-0.4, -0.2) is 70.4 Å². The van der Waals surface area contributed by atoms with Crippen molar-refractivity contribution in [3.05, 3.63) is 52.7 Å². The van der Waals surface area contributed by atoms with Gasteiger partial charge in [-0.25, -0.2) is 19.7 Å². The molecule has 1 saturated carbocycles. The number of oxazole rings is 1. The van der Waals surface area contributed by atoms with E-state index >= 15 is 0 Å². The van der Waals surface area contributed by atoms with Gasteiger partial charge in [0, 0.05) is 36.7 Å². The topological polar surface area (TPSA) is 135 Å². The molecule has 240 valence electrons. The van der Waals surface area contributed by atoms with Crippen molar-refractivity contribution in [2.45, 2.75) is 91.0 Å². The summed E-state index contributed by atoms with van der Waals surface area (Å²) in [6, 6.07) is 7.17. The fourth-order valence-corrected chi connectivity index (χ4v) is 5.51. The molecule has 3 fully saturated rings. The van der Waals surface area contributed by atoms with E-state index in [4.69, 9.17) is 13.7 Å². The molecule has 1 aliphatic carbocycles. The molecular formula is C31H41BBrN7O5. The Bertz CT molecular complexity index is 1530. The molecule has 3 aliphatic heterocycles. The van der Waals surface area contributed by atoms with E-state index in [2.05, 4.69) is 46.4 Å². The van der Waals surface area contributed by atoms with E-state index < -0.39 is 7.12 Å². The van der Waals surface area contributed by atoms with Gasteiger partial charge in [0.2, 0.25) is 0 Å². The van der Waals surface area contributed by atoms with Gasteiger partial charge in [0.1, 0.15) is 11.5 Å². The Hall–Kier alpha value is -3.49. The lowest BCUT2D eigenvalue weighted by Gasteiger charge is -2.35. The van der Waals surface area contributed by atoms with Crippen LogP contribution in [0, 0.1) is 6.92 Å². The number of fused-ring (bicyclic) bond motifs is 4. The van der Waals surface area contributed by atoms with Crippen molar-refractivity contribution in [1.82, 2.24) is 20.3 Å². The average molecular weight is 682 g/mol. The van der Waals surface area contributed by atoms with Gasteiger partial charge in [0.15, 0.2) is 17.4 Å². The molecular weight excluding hydrogens is 641 g/mol. The summed E-state index contributed by atoms with van der Waals surface area (Å²) >= 11 is 3.39. The fraction of sp³-hybridized carbons (Fsp3) is 0.516. The maximum Gasteiger partial charge on any atom is 0.534 e. The summed E-state index contributed by atoms with van der Waals surface area (Å²) in [5, 5.41) is 5.81. The molecule has 0 radical (unpaired) electrons. The van der Waals surface area contributed by atoms with Crippen molar-refractivity contribution >= 4 is 58.0 Å². The van der Waals surface area contributed by atoms with Gasteiger partial charge in [0.25, 0.3) is 5.91 Å². The number of halogens is 1. The van der Waals surface area contributed by atoms with E-state index in [9.17, 15) is 9.59 Å². The number of hydrogen-bond acceptors (Lipinski definition) is 9. The number of aryl methyl sites for hydroxylation is 1. The van der Waals surface area contributed by atoms with Crippen molar-refractivity contribution in [2.75, 3.05) is 28.2 Å². The molecule has 2 saturated heterocycles. The molecule has 14 heteroatoms. The van der Waals surface area contributed by atoms with E-state index in [1.807, 2.05) is 47.6 Å². The molecule has 4 aliphatic rings. The smallest absolute Gasteiger partial charge is 0.450 e. The van der Waals surface area contributed by atoms with E-state index in [0.717, 1.165) is 42.5 Å². The summed E-state index contributed by atoms with van der Waals surface area (Å²) in [5.41, 5.74) is 1.18. The van der Waals surface area contributed by atoms with Crippen LogP contribution in [-0.2, 0) is 9.31 Å². The molecule has 0 aromatic carbocycles. The molecule has 1 atom stereocenters. The highest BCUT2D eigenvalue weighted by molar-refractivity contribution is 9.10. The fourth-order valence-electron chi connectivity index (χ4n) is 5.17. The zero-order valence-electron chi connectivity index (χ0n) is 26.9. The number of amides is 3. The highest BCUT2D eigenvalue weighted by atomic mass is 79.9. The number of nitrogens with zero attached hydrogens (tertiary/aromatic N) is 5. The van der Waals surface area contributed by atoms with Crippen LogP contribution in [0.2, 0.25) is 0 Å². The number of hydrogen-bond donors (Lipinski definition) is 2. The van der Waals surface area contributed by atoms with Crippen molar-refractivity contribution in [3.8, 4) is 0 Å². The largest absolute Gasteiger partial charge is 0.534 e. The van der Waals surface area contributed by atoms with Gasteiger partial charge in [0.05, 0.1) is 29.1 Å². The van der Waals surface area contributed by atoms with Crippen LogP contribution in [0.15, 0.2) is 45.5 Å². The zero-order valence-corrected chi connectivity index (χ0v) is 28.5.